The maximum atomic E-state index is 12.3. The minimum absolute atomic E-state index is 0.195. The fraction of sp³-hybridized carbons (Fsp3) is 0.250. The number of carbonyl (C=O) groups excluding carboxylic acids is 1. The molecule has 0 aliphatic rings. The third-order valence-electron chi connectivity index (χ3n) is 3.42. The number of aliphatic carboxylic acids is 1. The van der Waals surface area contributed by atoms with Gasteiger partial charge in [0.1, 0.15) is 0 Å². The number of carbonyl (C=O) groups is 2. The standard InChI is InChI=1S/C16H17NO6S/c1-10-5-3-4-6-11(10)12(9-14(18)19)17-16(20)13-7-8-15(23-13)24(2,21)22/h3-8,12H,9H2,1-2H3,(H,17,20)(H,18,19). The van der Waals surface area contributed by atoms with Crippen LogP contribution >= 0.6 is 0 Å². The Hall–Kier alpha value is -2.61. The summed E-state index contributed by atoms with van der Waals surface area (Å²) in [6.07, 6.45) is 0.657. The first-order valence-corrected chi connectivity index (χ1v) is 8.95. The van der Waals surface area contributed by atoms with E-state index in [0.29, 0.717) is 5.56 Å². The molecule has 2 rings (SSSR count). The highest BCUT2D eigenvalue weighted by Gasteiger charge is 2.23. The van der Waals surface area contributed by atoms with Crippen molar-refractivity contribution in [1.29, 1.82) is 0 Å². The van der Waals surface area contributed by atoms with E-state index < -0.39 is 27.8 Å². The van der Waals surface area contributed by atoms with Gasteiger partial charge in [-0.05, 0) is 30.2 Å². The van der Waals surface area contributed by atoms with Crippen LogP contribution in [-0.4, -0.2) is 31.7 Å². The van der Waals surface area contributed by atoms with E-state index in [1.54, 1.807) is 12.1 Å². The van der Waals surface area contributed by atoms with Crippen LogP contribution in [0.25, 0.3) is 0 Å². The molecule has 0 radical (unpaired) electrons. The topological polar surface area (TPSA) is 114 Å². The van der Waals surface area contributed by atoms with E-state index in [2.05, 4.69) is 5.32 Å². The van der Waals surface area contributed by atoms with Gasteiger partial charge in [0.05, 0.1) is 12.5 Å². The van der Waals surface area contributed by atoms with Crippen LogP contribution in [0, 0.1) is 6.92 Å². The molecule has 1 heterocycles. The molecule has 2 N–H and O–H groups in total. The summed E-state index contributed by atoms with van der Waals surface area (Å²) in [6.45, 7) is 1.81. The Kier molecular flexibility index (Phi) is 5.08. The number of hydrogen-bond acceptors (Lipinski definition) is 5. The Balaban J connectivity index is 2.26. The maximum Gasteiger partial charge on any atom is 0.305 e. The lowest BCUT2D eigenvalue weighted by Gasteiger charge is -2.18. The quantitative estimate of drug-likeness (QED) is 0.822. The van der Waals surface area contributed by atoms with E-state index in [-0.39, 0.29) is 17.3 Å². The second-order valence-electron chi connectivity index (χ2n) is 5.37. The number of carboxylic acid groups (broad SMARTS) is 1. The zero-order chi connectivity index (χ0) is 17.9. The lowest BCUT2D eigenvalue weighted by molar-refractivity contribution is -0.137. The molecule has 0 saturated heterocycles. The van der Waals surface area contributed by atoms with Gasteiger partial charge in [-0.25, -0.2) is 8.42 Å². The molecule has 1 aromatic carbocycles. The van der Waals surface area contributed by atoms with Crippen molar-refractivity contribution < 1.29 is 27.5 Å². The zero-order valence-electron chi connectivity index (χ0n) is 13.1. The van der Waals surface area contributed by atoms with Gasteiger partial charge in [0, 0.05) is 6.26 Å². The summed E-state index contributed by atoms with van der Waals surface area (Å²) < 4.78 is 27.8. The van der Waals surface area contributed by atoms with Crippen LogP contribution in [0.3, 0.4) is 0 Å². The first kappa shape index (κ1) is 17.7. The molecule has 1 unspecified atom stereocenters. The first-order chi connectivity index (χ1) is 11.2. The molecular weight excluding hydrogens is 334 g/mol. The fourth-order valence-electron chi connectivity index (χ4n) is 2.26. The van der Waals surface area contributed by atoms with Gasteiger partial charge in [0.2, 0.25) is 14.9 Å². The van der Waals surface area contributed by atoms with Gasteiger partial charge in [-0.1, -0.05) is 24.3 Å². The molecule has 0 saturated carbocycles. The zero-order valence-corrected chi connectivity index (χ0v) is 14.0. The van der Waals surface area contributed by atoms with Crippen molar-refractivity contribution in [2.75, 3.05) is 6.26 Å². The second kappa shape index (κ2) is 6.88. The summed E-state index contributed by atoms with van der Waals surface area (Å²) in [5.41, 5.74) is 1.50. The molecule has 0 fully saturated rings. The van der Waals surface area contributed by atoms with Crippen LogP contribution in [-0.2, 0) is 14.6 Å². The number of hydrogen-bond donors (Lipinski definition) is 2. The van der Waals surface area contributed by atoms with E-state index in [1.165, 1.54) is 12.1 Å². The lowest BCUT2D eigenvalue weighted by atomic mass is 9.98. The number of nitrogens with one attached hydrogen (secondary N) is 1. The summed E-state index contributed by atoms with van der Waals surface area (Å²) in [4.78, 5) is 23.4. The van der Waals surface area contributed by atoms with Crippen molar-refractivity contribution in [2.45, 2.75) is 24.5 Å². The van der Waals surface area contributed by atoms with E-state index in [4.69, 9.17) is 9.52 Å². The summed E-state index contributed by atoms with van der Waals surface area (Å²) >= 11 is 0. The van der Waals surface area contributed by atoms with Crippen LogP contribution in [0.2, 0.25) is 0 Å². The van der Waals surface area contributed by atoms with E-state index in [9.17, 15) is 18.0 Å². The Bertz CT molecular complexity index is 868. The Morgan fingerprint density at radius 1 is 1.21 bits per heavy atom. The van der Waals surface area contributed by atoms with Gasteiger partial charge in [-0.15, -0.1) is 0 Å². The van der Waals surface area contributed by atoms with Gasteiger partial charge in [-0.2, -0.15) is 0 Å². The number of amides is 1. The second-order valence-corrected chi connectivity index (χ2v) is 7.32. The summed E-state index contributed by atoms with van der Waals surface area (Å²) in [5, 5.41) is 11.3. The molecule has 24 heavy (non-hydrogen) atoms. The van der Waals surface area contributed by atoms with E-state index in [1.807, 2.05) is 19.1 Å². The average Bonchev–Trinajstić information content (AvgIpc) is 2.96. The molecule has 1 aromatic heterocycles. The summed E-state index contributed by atoms with van der Waals surface area (Å²) in [6, 6.07) is 8.76. The number of carboxylic acids is 1. The van der Waals surface area contributed by atoms with Gasteiger partial charge >= 0.3 is 5.97 Å². The van der Waals surface area contributed by atoms with Crippen molar-refractivity contribution >= 4 is 21.7 Å². The molecular formula is C16H17NO6S. The Labute approximate surface area is 139 Å². The van der Waals surface area contributed by atoms with Crippen LogP contribution < -0.4 is 5.32 Å². The van der Waals surface area contributed by atoms with Crippen molar-refractivity contribution in [2.24, 2.45) is 0 Å². The van der Waals surface area contributed by atoms with Crippen molar-refractivity contribution in [3.05, 3.63) is 53.3 Å². The molecule has 0 aliphatic heterocycles. The number of rotatable bonds is 6. The lowest BCUT2D eigenvalue weighted by Crippen LogP contribution is -2.30. The molecule has 7 nitrogen and oxygen atoms in total. The largest absolute Gasteiger partial charge is 0.481 e. The molecule has 0 spiro atoms. The molecule has 1 atom stereocenters. The third kappa shape index (κ3) is 4.23. The molecule has 0 aliphatic carbocycles. The monoisotopic (exact) mass is 351 g/mol. The average molecular weight is 351 g/mol. The fourth-order valence-corrected chi connectivity index (χ4v) is 2.82. The van der Waals surface area contributed by atoms with E-state index in [0.717, 1.165) is 11.8 Å². The van der Waals surface area contributed by atoms with Gasteiger partial charge in [0.15, 0.2) is 5.76 Å². The molecule has 128 valence electrons. The maximum absolute atomic E-state index is 12.3. The number of benzene rings is 1. The van der Waals surface area contributed by atoms with Crippen molar-refractivity contribution in [3.8, 4) is 0 Å². The predicted octanol–water partition coefficient (Wildman–Crippen LogP) is 1.94. The van der Waals surface area contributed by atoms with Gasteiger partial charge < -0.3 is 14.8 Å². The summed E-state index contributed by atoms with van der Waals surface area (Å²) in [5.74, 6) is -1.95. The molecule has 1 amide bonds. The third-order valence-corrected chi connectivity index (χ3v) is 4.37. The predicted molar refractivity (Wildman–Crippen MR) is 85.5 cm³/mol. The SMILES string of the molecule is Cc1ccccc1C(CC(=O)O)NC(=O)c1ccc(S(C)(=O)=O)o1. The Morgan fingerprint density at radius 2 is 1.88 bits per heavy atom. The van der Waals surface area contributed by atoms with E-state index >= 15 is 0 Å². The smallest absolute Gasteiger partial charge is 0.305 e. The minimum atomic E-state index is -3.56. The van der Waals surface area contributed by atoms with Gasteiger partial charge in [0.25, 0.3) is 5.91 Å². The first-order valence-electron chi connectivity index (χ1n) is 7.06. The van der Waals surface area contributed by atoms with Crippen LogP contribution in [0.4, 0.5) is 0 Å². The summed E-state index contributed by atoms with van der Waals surface area (Å²) in [7, 11) is -3.56. The molecule has 0 bridgehead atoms. The van der Waals surface area contributed by atoms with Crippen LogP contribution in [0.1, 0.15) is 34.1 Å². The molecule has 8 heteroatoms. The van der Waals surface area contributed by atoms with Gasteiger partial charge in [-0.3, -0.25) is 9.59 Å². The van der Waals surface area contributed by atoms with Crippen LogP contribution in [0.5, 0.6) is 0 Å². The van der Waals surface area contributed by atoms with Crippen molar-refractivity contribution in [1.82, 2.24) is 5.32 Å². The molecule has 2 aromatic rings. The van der Waals surface area contributed by atoms with Crippen LogP contribution in [0.15, 0.2) is 45.9 Å². The Morgan fingerprint density at radius 3 is 2.42 bits per heavy atom. The normalized spacial score (nSPS) is 12.6. The van der Waals surface area contributed by atoms with Crippen molar-refractivity contribution in [3.63, 3.8) is 0 Å². The minimum Gasteiger partial charge on any atom is -0.481 e. The highest BCUT2D eigenvalue weighted by Crippen LogP contribution is 2.22. The number of sulfone groups is 1. The number of furan rings is 1. The highest BCUT2D eigenvalue weighted by molar-refractivity contribution is 7.90. The number of aryl methyl sites for hydroxylation is 1. The highest BCUT2D eigenvalue weighted by atomic mass is 32.2.